The largest absolute Gasteiger partial charge is 0.478 e. The molecule has 1 aromatic heterocycles. The molecule has 0 aliphatic heterocycles. The lowest BCUT2D eigenvalue weighted by atomic mass is 9.97. The molecule has 116 valence electrons. The van der Waals surface area contributed by atoms with Crippen LogP contribution in [-0.2, 0) is 0 Å². The average molecular weight is 305 g/mol. The van der Waals surface area contributed by atoms with E-state index in [1.54, 1.807) is 6.07 Å². The number of carboxylic acid groups (broad SMARTS) is 1. The number of nitrogens with zero attached hydrogens (tertiary/aromatic N) is 1. The van der Waals surface area contributed by atoms with Crippen LogP contribution in [0.2, 0.25) is 0 Å². The van der Waals surface area contributed by atoms with Crippen LogP contribution in [0.1, 0.15) is 32.6 Å². The Balaban J connectivity index is 2.37. The third-order valence-electron chi connectivity index (χ3n) is 4.14. The minimum absolute atomic E-state index is 0.308. The van der Waals surface area contributed by atoms with Crippen molar-refractivity contribution < 1.29 is 9.90 Å². The molecule has 1 N–H and O–H groups in total. The van der Waals surface area contributed by atoms with Gasteiger partial charge in [0.15, 0.2) is 0 Å². The number of carbonyl (C=O) groups is 1. The highest BCUT2D eigenvalue weighted by Gasteiger charge is 2.16. The van der Waals surface area contributed by atoms with Crippen LogP contribution in [0.3, 0.4) is 0 Å². The topological polar surface area (TPSA) is 50.2 Å². The first-order valence-electron chi connectivity index (χ1n) is 7.60. The number of carboxylic acids is 1. The van der Waals surface area contributed by atoms with Crippen molar-refractivity contribution in [2.45, 2.75) is 27.7 Å². The molecule has 0 amide bonds. The maximum Gasteiger partial charge on any atom is 0.336 e. The summed E-state index contributed by atoms with van der Waals surface area (Å²) in [6.45, 7) is 7.99. The minimum atomic E-state index is -0.921. The van der Waals surface area contributed by atoms with Gasteiger partial charge in [0.1, 0.15) is 0 Å². The Morgan fingerprint density at radius 1 is 0.913 bits per heavy atom. The third kappa shape index (κ3) is 2.70. The molecular weight excluding hydrogens is 286 g/mol. The Morgan fingerprint density at radius 2 is 1.61 bits per heavy atom. The fourth-order valence-corrected chi connectivity index (χ4v) is 3.16. The monoisotopic (exact) mass is 305 g/mol. The predicted octanol–water partition coefficient (Wildman–Crippen LogP) is 4.83. The van der Waals surface area contributed by atoms with Crippen molar-refractivity contribution in [1.82, 2.24) is 4.98 Å². The number of benzene rings is 2. The van der Waals surface area contributed by atoms with Gasteiger partial charge < -0.3 is 5.11 Å². The summed E-state index contributed by atoms with van der Waals surface area (Å²) in [7, 11) is 0. The highest BCUT2D eigenvalue weighted by Crippen LogP contribution is 2.30. The van der Waals surface area contributed by atoms with Crippen molar-refractivity contribution >= 4 is 16.9 Å². The Hall–Kier alpha value is -2.68. The molecule has 0 aliphatic rings. The molecule has 0 fully saturated rings. The fourth-order valence-electron chi connectivity index (χ4n) is 3.16. The summed E-state index contributed by atoms with van der Waals surface area (Å²) in [6, 6.07) is 11.7. The maximum atomic E-state index is 11.7. The van der Waals surface area contributed by atoms with E-state index in [2.05, 4.69) is 6.07 Å². The smallest absolute Gasteiger partial charge is 0.336 e. The second kappa shape index (κ2) is 5.51. The van der Waals surface area contributed by atoms with Crippen molar-refractivity contribution in [2.24, 2.45) is 0 Å². The molecule has 3 heteroatoms. The quantitative estimate of drug-likeness (QED) is 0.737. The molecule has 0 unspecified atom stereocenters. The van der Waals surface area contributed by atoms with Gasteiger partial charge in [-0.1, -0.05) is 29.8 Å². The fraction of sp³-hybridized carbons (Fsp3) is 0.200. The van der Waals surface area contributed by atoms with Crippen LogP contribution in [0.5, 0.6) is 0 Å². The van der Waals surface area contributed by atoms with Gasteiger partial charge in [0, 0.05) is 10.9 Å². The van der Waals surface area contributed by atoms with E-state index in [1.807, 2.05) is 52.0 Å². The van der Waals surface area contributed by atoms with E-state index in [0.717, 1.165) is 33.2 Å². The number of fused-ring (bicyclic) bond motifs is 1. The van der Waals surface area contributed by atoms with Gasteiger partial charge in [0.2, 0.25) is 0 Å². The molecule has 3 rings (SSSR count). The Labute approximate surface area is 135 Å². The van der Waals surface area contributed by atoms with Crippen LogP contribution in [0.4, 0.5) is 0 Å². The maximum absolute atomic E-state index is 11.7. The summed E-state index contributed by atoms with van der Waals surface area (Å²) in [5.74, 6) is -0.921. The molecule has 0 bridgehead atoms. The Bertz CT molecular complexity index is 942. The van der Waals surface area contributed by atoms with E-state index < -0.39 is 5.97 Å². The van der Waals surface area contributed by atoms with Crippen molar-refractivity contribution in [3.05, 3.63) is 64.2 Å². The molecule has 3 nitrogen and oxygen atoms in total. The first-order valence-corrected chi connectivity index (χ1v) is 7.60. The Kier molecular flexibility index (Phi) is 3.64. The number of hydrogen-bond donors (Lipinski definition) is 1. The van der Waals surface area contributed by atoms with E-state index in [9.17, 15) is 9.90 Å². The van der Waals surface area contributed by atoms with Crippen molar-refractivity contribution in [3.63, 3.8) is 0 Å². The molecule has 0 spiro atoms. The van der Waals surface area contributed by atoms with Crippen LogP contribution in [0.15, 0.2) is 36.4 Å². The van der Waals surface area contributed by atoms with E-state index in [1.165, 1.54) is 5.56 Å². The average Bonchev–Trinajstić information content (AvgIpc) is 2.45. The Morgan fingerprint density at radius 3 is 2.26 bits per heavy atom. The lowest BCUT2D eigenvalue weighted by Gasteiger charge is -2.12. The number of pyridine rings is 1. The molecule has 0 saturated heterocycles. The standard InChI is InChI=1S/C20H19NO2/c1-11-5-6-15(13(3)7-11)17-10-16(20(22)23)19-14(4)8-12(2)9-18(19)21-17/h5-10H,1-4H3,(H,22,23). The van der Waals surface area contributed by atoms with Gasteiger partial charge in [-0.25, -0.2) is 9.78 Å². The zero-order valence-corrected chi connectivity index (χ0v) is 13.8. The zero-order valence-electron chi connectivity index (χ0n) is 13.8. The molecule has 3 aromatic rings. The number of aromatic nitrogens is 1. The summed E-state index contributed by atoms with van der Waals surface area (Å²) in [6.07, 6.45) is 0. The summed E-state index contributed by atoms with van der Waals surface area (Å²) >= 11 is 0. The van der Waals surface area contributed by atoms with Crippen LogP contribution >= 0.6 is 0 Å². The molecule has 0 atom stereocenters. The van der Waals surface area contributed by atoms with E-state index in [4.69, 9.17) is 4.98 Å². The third-order valence-corrected chi connectivity index (χ3v) is 4.14. The molecule has 0 radical (unpaired) electrons. The van der Waals surface area contributed by atoms with Gasteiger partial charge in [-0.15, -0.1) is 0 Å². The molecule has 2 aromatic carbocycles. The van der Waals surface area contributed by atoms with Crippen molar-refractivity contribution in [3.8, 4) is 11.3 Å². The first-order chi connectivity index (χ1) is 10.9. The number of rotatable bonds is 2. The van der Waals surface area contributed by atoms with Gasteiger partial charge in [-0.3, -0.25) is 0 Å². The normalized spacial score (nSPS) is 11.0. The molecule has 23 heavy (non-hydrogen) atoms. The van der Waals surface area contributed by atoms with E-state index in [0.29, 0.717) is 11.3 Å². The van der Waals surface area contributed by atoms with Gasteiger partial charge >= 0.3 is 5.97 Å². The summed E-state index contributed by atoms with van der Waals surface area (Å²) in [5.41, 5.74) is 7.01. The summed E-state index contributed by atoms with van der Waals surface area (Å²) < 4.78 is 0. The van der Waals surface area contributed by atoms with Crippen LogP contribution in [0.25, 0.3) is 22.2 Å². The van der Waals surface area contributed by atoms with Crippen molar-refractivity contribution in [1.29, 1.82) is 0 Å². The molecule has 0 aliphatic carbocycles. The van der Waals surface area contributed by atoms with Gasteiger partial charge in [-0.05, 0) is 56.5 Å². The summed E-state index contributed by atoms with van der Waals surface area (Å²) in [5, 5.41) is 10.4. The highest BCUT2D eigenvalue weighted by atomic mass is 16.4. The first kappa shape index (κ1) is 15.2. The van der Waals surface area contributed by atoms with Gasteiger partial charge in [-0.2, -0.15) is 0 Å². The van der Waals surface area contributed by atoms with Crippen molar-refractivity contribution in [2.75, 3.05) is 0 Å². The van der Waals surface area contributed by atoms with E-state index in [-0.39, 0.29) is 0 Å². The number of aromatic carboxylic acids is 1. The number of aryl methyl sites for hydroxylation is 4. The molecule has 1 heterocycles. The van der Waals surface area contributed by atoms with Crippen LogP contribution in [0, 0.1) is 27.7 Å². The zero-order chi connectivity index (χ0) is 16.7. The number of hydrogen-bond acceptors (Lipinski definition) is 2. The molecular formula is C20H19NO2. The second-order valence-electron chi connectivity index (χ2n) is 6.15. The summed E-state index contributed by atoms with van der Waals surface area (Å²) in [4.78, 5) is 16.5. The predicted molar refractivity (Wildman–Crippen MR) is 93.1 cm³/mol. The van der Waals surface area contributed by atoms with E-state index >= 15 is 0 Å². The SMILES string of the molecule is Cc1ccc(-c2cc(C(=O)O)c3c(C)cc(C)cc3n2)c(C)c1. The van der Waals surface area contributed by atoms with Gasteiger partial charge in [0.25, 0.3) is 0 Å². The molecule has 0 saturated carbocycles. The lowest BCUT2D eigenvalue weighted by molar-refractivity contribution is 0.0699. The van der Waals surface area contributed by atoms with Crippen LogP contribution < -0.4 is 0 Å². The minimum Gasteiger partial charge on any atom is -0.478 e. The van der Waals surface area contributed by atoms with Gasteiger partial charge in [0.05, 0.1) is 16.8 Å². The highest BCUT2D eigenvalue weighted by molar-refractivity contribution is 6.05. The lowest BCUT2D eigenvalue weighted by Crippen LogP contribution is -2.02. The van der Waals surface area contributed by atoms with Crippen LogP contribution in [-0.4, -0.2) is 16.1 Å². The second-order valence-corrected chi connectivity index (χ2v) is 6.15.